The molecule has 1 aliphatic carbocycles. The minimum atomic E-state index is -0.412. The molecule has 0 spiro atoms. The molecule has 0 radical (unpaired) electrons. The van der Waals surface area contributed by atoms with Gasteiger partial charge >= 0.3 is 0 Å². The van der Waals surface area contributed by atoms with Crippen molar-refractivity contribution in [2.75, 3.05) is 5.32 Å². The Labute approximate surface area is 117 Å². The van der Waals surface area contributed by atoms with Crippen LogP contribution in [0.3, 0.4) is 0 Å². The van der Waals surface area contributed by atoms with Crippen LogP contribution in [0.5, 0.6) is 0 Å². The van der Waals surface area contributed by atoms with Crippen molar-refractivity contribution in [1.29, 1.82) is 0 Å². The van der Waals surface area contributed by atoms with Crippen LogP contribution in [0.4, 0.5) is 5.69 Å². The van der Waals surface area contributed by atoms with Gasteiger partial charge in [-0.3, -0.25) is 0 Å². The maximum Gasteiger partial charge on any atom is 0.0781 e. The number of aliphatic hydroxyl groups is 1. The zero-order valence-electron chi connectivity index (χ0n) is 12.4. The predicted octanol–water partition coefficient (Wildman–Crippen LogP) is 4.37. The molecule has 0 saturated heterocycles. The number of para-hydroxylation sites is 1. The van der Waals surface area contributed by atoms with E-state index < -0.39 is 6.10 Å². The molecule has 19 heavy (non-hydrogen) atoms. The van der Waals surface area contributed by atoms with E-state index in [-0.39, 0.29) is 0 Å². The molecule has 3 unspecified atom stereocenters. The number of rotatable bonds is 4. The van der Waals surface area contributed by atoms with Crippen LogP contribution in [0.25, 0.3) is 0 Å². The lowest BCUT2D eigenvalue weighted by Crippen LogP contribution is -2.35. The number of hydrogen-bond acceptors (Lipinski definition) is 2. The molecule has 1 saturated carbocycles. The van der Waals surface area contributed by atoms with Crippen LogP contribution in [0.2, 0.25) is 0 Å². The number of anilines is 1. The molecule has 1 aromatic rings. The monoisotopic (exact) mass is 261 g/mol. The molecule has 0 amide bonds. The summed E-state index contributed by atoms with van der Waals surface area (Å²) in [6, 6.07) is 8.69. The fourth-order valence-corrected chi connectivity index (χ4v) is 3.33. The van der Waals surface area contributed by atoms with Crippen LogP contribution in [0.1, 0.15) is 58.1 Å². The normalized spacial score (nSPS) is 25.3. The van der Waals surface area contributed by atoms with Crippen molar-refractivity contribution in [1.82, 2.24) is 0 Å². The minimum absolute atomic E-state index is 0.412. The van der Waals surface area contributed by atoms with Gasteiger partial charge in [0.25, 0.3) is 0 Å². The maximum atomic E-state index is 9.87. The third-order valence-electron chi connectivity index (χ3n) is 4.43. The lowest BCUT2D eigenvalue weighted by Gasteiger charge is -2.36. The molecule has 1 aliphatic rings. The number of hydrogen-bond donors (Lipinski definition) is 2. The van der Waals surface area contributed by atoms with Crippen molar-refractivity contribution in [2.45, 2.75) is 58.6 Å². The molecule has 1 aromatic carbocycles. The van der Waals surface area contributed by atoms with E-state index >= 15 is 0 Å². The Morgan fingerprint density at radius 2 is 1.79 bits per heavy atom. The lowest BCUT2D eigenvalue weighted by molar-refractivity contribution is 0.199. The van der Waals surface area contributed by atoms with E-state index in [0.717, 1.165) is 23.1 Å². The maximum absolute atomic E-state index is 9.87. The second kappa shape index (κ2) is 6.42. The minimum Gasteiger partial charge on any atom is -0.389 e. The second-order valence-electron chi connectivity index (χ2n) is 6.21. The van der Waals surface area contributed by atoms with Crippen LogP contribution in [0.15, 0.2) is 24.3 Å². The highest BCUT2D eigenvalue weighted by atomic mass is 16.3. The summed E-state index contributed by atoms with van der Waals surface area (Å²) in [7, 11) is 0. The second-order valence-corrected chi connectivity index (χ2v) is 6.21. The van der Waals surface area contributed by atoms with Crippen LogP contribution in [-0.4, -0.2) is 11.1 Å². The van der Waals surface area contributed by atoms with Gasteiger partial charge in [0, 0.05) is 17.3 Å². The van der Waals surface area contributed by atoms with Gasteiger partial charge in [-0.15, -0.1) is 0 Å². The summed E-state index contributed by atoms with van der Waals surface area (Å²) in [5.41, 5.74) is 2.12. The molecule has 0 heterocycles. The van der Waals surface area contributed by atoms with Gasteiger partial charge in [0.2, 0.25) is 0 Å². The summed E-state index contributed by atoms with van der Waals surface area (Å²) in [4.78, 5) is 0. The molecule has 1 fully saturated rings. The van der Waals surface area contributed by atoms with Crippen molar-refractivity contribution in [3.05, 3.63) is 29.8 Å². The first-order chi connectivity index (χ1) is 9.09. The number of aliphatic hydroxyl groups excluding tert-OH is 1. The first-order valence-corrected chi connectivity index (χ1v) is 7.63. The zero-order chi connectivity index (χ0) is 13.8. The van der Waals surface area contributed by atoms with Gasteiger partial charge in [-0.2, -0.15) is 0 Å². The molecule has 2 heteroatoms. The summed E-state index contributed by atoms with van der Waals surface area (Å²) >= 11 is 0. The Hall–Kier alpha value is -1.02. The van der Waals surface area contributed by atoms with Crippen molar-refractivity contribution in [3.8, 4) is 0 Å². The van der Waals surface area contributed by atoms with Crippen LogP contribution in [0, 0.1) is 11.8 Å². The topological polar surface area (TPSA) is 32.3 Å². The smallest absolute Gasteiger partial charge is 0.0781 e. The summed E-state index contributed by atoms with van der Waals surface area (Å²) in [5.74, 6) is 1.47. The molecular weight excluding hydrogens is 234 g/mol. The highest BCUT2D eigenvalue weighted by Crippen LogP contribution is 2.33. The average molecular weight is 261 g/mol. The van der Waals surface area contributed by atoms with Gasteiger partial charge in [-0.05, 0) is 37.7 Å². The van der Waals surface area contributed by atoms with Crippen molar-refractivity contribution in [2.24, 2.45) is 11.8 Å². The van der Waals surface area contributed by atoms with Gasteiger partial charge in [-0.1, -0.05) is 44.9 Å². The summed E-state index contributed by atoms with van der Waals surface area (Å²) in [6.07, 6.45) is 4.84. The number of benzene rings is 1. The molecule has 2 rings (SSSR count). The van der Waals surface area contributed by atoms with E-state index in [2.05, 4.69) is 25.2 Å². The third-order valence-corrected chi connectivity index (χ3v) is 4.43. The molecular formula is C17H27NO. The van der Waals surface area contributed by atoms with Crippen molar-refractivity contribution >= 4 is 5.69 Å². The van der Waals surface area contributed by atoms with Gasteiger partial charge in [0.1, 0.15) is 0 Å². The standard InChI is InChI=1S/C17H27NO/c1-12(2)14-8-4-6-10-16(14)18-17-11-7-5-9-15(17)13(3)19/h5,7,9,11-14,16,18-19H,4,6,8,10H2,1-3H3. The van der Waals surface area contributed by atoms with Gasteiger partial charge in [-0.25, -0.2) is 0 Å². The average Bonchev–Trinajstić information content (AvgIpc) is 2.39. The van der Waals surface area contributed by atoms with Gasteiger partial charge in [0.15, 0.2) is 0 Å². The Kier molecular flexibility index (Phi) is 4.87. The van der Waals surface area contributed by atoms with Crippen molar-refractivity contribution < 1.29 is 5.11 Å². The van der Waals surface area contributed by atoms with E-state index in [4.69, 9.17) is 0 Å². The SMILES string of the molecule is CC(O)c1ccccc1NC1CCCCC1C(C)C. The Morgan fingerprint density at radius 1 is 1.11 bits per heavy atom. The van der Waals surface area contributed by atoms with E-state index in [0.29, 0.717) is 6.04 Å². The van der Waals surface area contributed by atoms with E-state index in [1.165, 1.54) is 25.7 Å². The van der Waals surface area contributed by atoms with Gasteiger partial charge < -0.3 is 10.4 Å². The van der Waals surface area contributed by atoms with E-state index in [1.807, 2.05) is 25.1 Å². The third kappa shape index (κ3) is 3.50. The van der Waals surface area contributed by atoms with E-state index in [9.17, 15) is 5.11 Å². The summed E-state index contributed by atoms with van der Waals surface area (Å²) in [5, 5.41) is 13.6. The molecule has 2 N–H and O–H groups in total. The van der Waals surface area contributed by atoms with Crippen molar-refractivity contribution in [3.63, 3.8) is 0 Å². The van der Waals surface area contributed by atoms with Crippen LogP contribution >= 0.6 is 0 Å². The fraction of sp³-hybridized carbons (Fsp3) is 0.647. The molecule has 3 atom stereocenters. The predicted molar refractivity (Wildman–Crippen MR) is 81.3 cm³/mol. The molecule has 106 valence electrons. The molecule has 0 bridgehead atoms. The Morgan fingerprint density at radius 3 is 2.47 bits per heavy atom. The fourth-order valence-electron chi connectivity index (χ4n) is 3.33. The molecule has 2 nitrogen and oxygen atoms in total. The quantitative estimate of drug-likeness (QED) is 0.843. The largest absolute Gasteiger partial charge is 0.389 e. The Balaban J connectivity index is 2.15. The van der Waals surface area contributed by atoms with Crippen LogP contribution < -0.4 is 5.32 Å². The number of nitrogens with one attached hydrogen (secondary N) is 1. The first kappa shape index (κ1) is 14.4. The highest BCUT2D eigenvalue weighted by molar-refractivity contribution is 5.52. The molecule has 0 aromatic heterocycles. The summed E-state index contributed by atoms with van der Waals surface area (Å²) in [6.45, 7) is 6.48. The zero-order valence-corrected chi connectivity index (χ0v) is 12.4. The molecule has 0 aliphatic heterocycles. The van der Waals surface area contributed by atoms with Gasteiger partial charge in [0.05, 0.1) is 6.10 Å². The Bertz CT molecular complexity index is 400. The van der Waals surface area contributed by atoms with Crippen LogP contribution in [-0.2, 0) is 0 Å². The first-order valence-electron chi connectivity index (χ1n) is 7.63. The lowest BCUT2D eigenvalue weighted by atomic mass is 9.77. The van der Waals surface area contributed by atoms with E-state index in [1.54, 1.807) is 0 Å². The summed E-state index contributed by atoms with van der Waals surface area (Å²) < 4.78 is 0. The highest BCUT2D eigenvalue weighted by Gasteiger charge is 2.27.